The molecule has 11 heteroatoms. The standard InChI is InChI=1S/C40H39N9O2/c1-28(2)48-36(30-23-43-47(25-30)22-21-45(3)38(50)29-19-20-29)44-49-35(24-41-37(49)39(48)51)34-26-46(27-42-34)40(31-13-7-4-8-14-31,32-15-9-5-10-16-32)33-17-11-6-12-18-33/h4-18,23-29H,19-22H2,1-3H3. The van der Waals surface area contributed by atoms with Crippen LogP contribution in [0, 0.1) is 5.92 Å². The van der Waals surface area contributed by atoms with Gasteiger partial charge < -0.3 is 9.47 Å². The van der Waals surface area contributed by atoms with E-state index in [-0.39, 0.29) is 29.1 Å². The van der Waals surface area contributed by atoms with E-state index in [9.17, 15) is 9.59 Å². The SMILES string of the molecule is CC(C)n1c(-c2cnn(CCN(C)C(=O)C3CC3)c2)nn2c(-c3cn(C(c4ccccc4)(c4ccccc4)c4ccccc4)cn3)cnc2c1=O. The molecule has 4 heterocycles. The highest BCUT2D eigenvalue weighted by Gasteiger charge is 2.38. The predicted octanol–water partition coefficient (Wildman–Crippen LogP) is 5.91. The molecule has 3 aromatic carbocycles. The van der Waals surface area contributed by atoms with Gasteiger partial charge in [-0.05, 0) is 43.4 Å². The number of hydrogen-bond donors (Lipinski definition) is 0. The smallest absolute Gasteiger partial charge is 0.297 e. The first-order chi connectivity index (χ1) is 24.9. The molecular weight excluding hydrogens is 639 g/mol. The first kappa shape index (κ1) is 32.1. The fourth-order valence-corrected chi connectivity index (χ4v) is 7.02. The zero-order chi connectivity index (χ0) is 35.1. The summed E-state index contributed by atoms with van der Waals surface area (Å²) in [6.07, 6.45) is 11.0. The second-order valence-corrected chi connectivity index (χ2v) is 13.5. The average molecular weight is 678 g/mol. The van der Waals surface area contributed by atoms with Gasteiger partial charge in [0.15, 0.2) is 5.82 Å². The maximum absolute atomic E-state index is 14.0. The lowest BCUT2D eigenvalue weighted by Crippen LogP contribution is -2.36. The maximum atomic E-state index is 14.0. The van der Waals surface area contributed by atoms with Crippen LogP contribution in [0.15, 0.2) is 127 Å². The van der Waals surface area contributed by atoms with E-state index in [0.717, 1.165) is 29.5 Å². The van der Waals surface area contributed by atoms with Crippen LogP contribution in [0.2, 0.25) is 0 Å². The summed E-state index contributed by atoms with van der Waals surface area (Å²) in [6, 6.07) is 31.0. The van der Waals surface area contributed by atoms with E-state index >= 15 is 0 Å². The van der Waals surface area contributed by atoms with Gasteiger partial charge in [-0.15, -0.1) is 5.10 Å². The summed E-state index contributed by atoms with van der Waals surface area (Å²) in [7, 11) is 1.84. The normalized spacial score (nSPS) is 13.3. The van der Waals surface area contributed by atoms with E-state index < -0.39 is 5.54 Å². The van der Waals surface area contributed by atoms with Crippen LogP contribution in [0.5, 0.6) is 0 Å². The van der Waals surface area contributed by atoms with Gasteiger partial charge in [0.1, 0.15) is 16.9 Å². The lowest BCUT2D eigenvalue weighted by atomic mass is 9.77. The van der Waals surface area contributed by atoms with Gasteiger partial charge in [-0.25, -0.2) is 14.5 Å². The molecule has 0 spiro atoms. The van der Waals surface area contributed by atoms with Crippen LogP contribution in [0.1, 0.15) is 49.4 Å². The van der Waals surface area contributed by atoms with Crippen molar-refractivity contribution < 1.29 is 4.79 Å². The minimum atomic E-state index is -0.746. The van der Waals surface area contributed by atoms with Crippen molar-refractivity contribution in [3.63, 3.8) is 0 Å². The molecule has 0 saturated heterocycles. The summed E-state index contributed by atoms with van der Waals surface area (Å²) < 4.78 is 7.17. The zero-order valence-electron chi connectivity index (χ0n) is 28.9. The van der Waals surface area contributed by atoms with Gasteiger partial charge in [0.2, 0.25) is 11.6 Å². The Hall–Kier alpha value is -6.10. The van der Waals surface area contributed by atoms with Crippen molar-refractivity contribution in [1.29, 1.82) is 0 Å². The van der Waals surface area contributed by atoms with Crippen LogP contribution in [0.4, 0.5) is 0 Å². The number of aromatic nitrogens is 8. The van der Waals surface area contributed by atoms with Crippen LogP contribution in [0.25, 0.3) is 28.4 Å². The number of carbonyl (C=O) groups is 1. The lowest BCUT2D eigenvalue weighted by molar-refractivity contribution is -0.131. The molecule has 7 aromatic rings. The summed E-state index contributed by atoms with van der Waals surface area (Å²) >= 11 is 0. The van der Waals surface area contributed by atoms with Crippen molar-refractivity contribution in [1.82, 2.24) is 43.4 Å². The number of rotatable bonds is 11. The molecule has 0 aliphatic heterocycles. The van der Waals surface area contributed by atoms with Gasteiger partial charge in [-0.1, -0.05) is 91.0 Å². The van der Waals surface area contributed by atoms with E-state index in [1.807, 2.05) is 57.8 Å². The van der Waals surface area contributed by atoms with Crippen molar-refractivity contribution in [3.8, 4) is 22.8 Å². The molecule has 256 valence electrons. The summed E-state index contributed by atoms with van der Waals surface area (Å²) in [5, 5.41) is 9.59. The fraction of sp³-hybridized carbons (Fsp3) is 0.250. The van der Waals surface area contributed by atoms with Crippen molar-refractivity contribution in [2.75, 3.05) is 13.6 Å². The molecule has 1 aliphatic carbocycles. The van der Waals surface area contributed by atoms with E-state index in [1.165, 1.54) is 0 Å². The minimum absolute atomic E-state index is 0.168. The van der Waals surface area contributed by atoms with E-state index in [0.29, 0.717) is 35.9 Å². The molecule has 0 atom stereocenters. The molecular formula is C40H39N9O2. The molecule has 4 aromatic heterocycles. The quantitative estimate of drug-likeness (QED) is 0.158. The Morgan fingerprint density at radius 1 is 0.863 bits per heavy atom. The highest BCUT2D eigenvalue weighted by Crippen LogP contribution is 2.41. The second kappa shape index (κ2) is 13.0. The lowest BCUT2D eigenvalue weighted by Gasteiger charge is -2.37. The monoisotopic (exact) mass is 677 g/mol. The summed E-state index contributed by atoms with van der Waals surface area (Å²) in [5.41, 5.74) is 4.34. The molecule has 11 nitrogen and oxygen atoms in total. The Balaban J connectivity index is 1.23. The number of hydrogen-bond acceptors (Lipinski definition) is 6. The van der Waals surface area contributed by atoms with E-state index in [2.05, 4.69) is 87.4 Å². The number of fused-ring (bicyclic) bond motifs is 1. The summed E-state index contributed by atoms with van der Waals surface area (Å²) in [4.78, 5) is 37.8. The van der Waals surface area contributed by atoms with Gasteiger partial charge in [0.25, 0.3) is 5.56 Å². The Morgan fingerprint density at radius 3 is 2.04 bits per heavy atom. The average Bonchev–Trinajstić information content (AvgIpc) is 3.48. The fourth-order valence-electron chi connectivity index (χ4n) is 7.02. The van der Waals surface area contributed by atoms with Gasteiger partial charge in [0, 0.05) is 37.9 Å². The molecule has 8 rings (SSSR count). The number of amides is 1. The first-order valence-electron chi connectivity index (χ1n) is 17.4. The molecule has 51 heavy (non-hydrogen) atoms. The third kappa shape index (κ3) is 5.64. The number of nitrogens with zero attached hydrogens (tertiary/aromatic N) is 9. The molecule has 1 fully saturated rings. The molecule has 0 bridgehead atoms. The summed E-state index contributed by atoms with van der Waals surface area (Å²) in [5.74, 6) is 0.829. The number of likely N-dealkylation sites (N-methyl/N-ethyl adjacent to an activating group) is 1. The third-order valence-electron chi connectivity index (χ3n) is 9.75. The van der Waals surface area contributed by atoms with Gasteiger partial charge in [-0.2, -0.15) is 5.10 Å². The maximum Gasteiger partial charge on any atom is 0.297 e. The van der Waals surface area contributed by atoms with Gasteiger partial charge in [-0.3, -0.25) is 18.8 Å². The Labute approximate surface area is 295 Å². The topological polar surface area (TPSA) is 108 Å². The van der Waals surface area contributed by atoms with Crippen molar-refractivity contribution in [2.45, 2.75) is 44.8 Å². The Kier molecular flexibility index (Phi) is 8.18. The van der Waals surface area contributed by atoms with Crippen molar-refractivity contribution >= 4 is 11.6 Å². The van der Waals surface area contributed by atoms with Gasteiger partial charge >= 0.3 is 0 Å². The number of imidazole rings is 2. The largest absolute Gasteiger partial charge is 0.344 e. The first-order valence-corrected chi connectivity index (χ1v) is 17.4. The molecule has 1 aliphatic rings. The highest BCUT2D eigenvalue weighted by molar-refractivity contribution is 5.80. The number of benzene rings is 3. The molecule has 0 unspecified atom stereocenters. The molecule has 1 amide bonds. The van der Waals surface area contributed by atoms with E-state index in [4.69, 9.17) is 10.1 Å². The van der Waals surface area contributed by atoms with Crippen LogP contribution in [-0.4, -0.2) is 62.9 Å². The number of carbonyl (C=O) groups excluding carboxylic acids is 1. The van der Waals surface area contributed by atoms with Crippen molar-refractivity contribution in [3.05, 3.63) is 149 Å². The third-order valence-corrected chi connectivity index (χ3v) is 9.75. The molecule has 1 saturated carbocycles. The molecule has 0 radical (unpaired) electrons. The Morgan fingerprint density at radius 2 is 1.47 bits per heavy atom. The highest BCUT2D eigenvalue weighted by atomic mass is 16.2. The van der Waals surface area contributed by atoms with Crippen LogP contribution >= 0.6 is 0 Å². The van der Waals surface area contributed by atoms with Crippen molar-refractivity contribution in [2.24, 2.45) is 5.92 Å². The van der Waals surface area contributed by atoms with Crippen LogP contribution in [-0.2, 0) is 16.9 Å². The minimum Gasteiger partial charge on any atom is -0.344 e. The zero-order valence-corrected chi connectivity index (χ0v) is 28.9. The van der Waals surface area contributed by atoms with Crippen LogP contribution < -0.4 is 5.56 Å². The molecule has 0 N–H and O–H groups in total. The summed E-state index contributed by atoms with van der Waals surface area (Å²) in [6.45, 7) is 4.98. The second-order valence-electron chi connectivity index (χ2n) is 13.5. The van der Waals surface area contributed by atoms with E-state index in [1.54, 1.807) is 31.1 Å². The predicted molar refractivity (Wildman–Crippen MR) is 195 cm³/mol. The van der Waals surface area contributed by atoms with Gasteiger partial charge in [0.05, 0.1) is 30.8 Å². The Bertz CT molecular complexity index is 2270. The van der Waals surface area contributed by atoms with Crippen LogP contribution in [0.3, 0.4) is 0 Å².